The fourth-order valence-corrected chi connectivity index (χ4v) is 6.74. The molecule has 2 aliphatic rings. The highest BCUT2D eigenvalue weighted by molar-refractivity contribution is 6.33. The summed E-state index contributed by atoms with van der Waals surface area (Å²) in [6, 6.07) is 4.07. The molecule has 0 bridgehead atoms. The van der Waals surface area contributed by atoms with E-state index in [1.165, 1.54) is 18.2 Å². The Labute approximate surface area is 225 Å². The number of nitrogen functional groups attached to an aromatic ring is 1. The van der Waals surface area contributed by atoms with Crippen molar-refractivity contribution in [2.24, 2.45) is 24.8 Å². The molecule has 1 amide bonds. The molecular formula is C26H31Cl2FN6O2. The van der Waals surface area contributed by atoms with Crippen molar-refractivity contribution in [1.29, 1.82) is 0 Å². The Morgan fingerprint density at radius 1 is 1.30 bits per heavy atom. The molecule has 1 aromatic carbocycles. The van der Waals surface area contributed by atoms with Gasteiger partial charge in [0.1, 0.15) is 22.1 Å². The van der Waals surface area contributed by atoms with Crippen LogP contribution in [0.2, 0.25) is 10.0 Å². The van der Waals surface area contributed by atoms with Crippen molar-refractivity contribution in [3.8, 4) is 0 Å². The summed E-state index contributed by atoms with van der Waals surface area (Å²) in [6.45, 7) is 4.79. The van der Waals surface area contributed by atoms with E-state index in [1.807, 2.05) is 0 Å². The lowest BCUT2D eigenvalue weighted by molar-refractivity contribution is 0.0248. The molecule has 0 saturated heterocycles. The number of nitrogens with two attached hydrogens (primary N) is 1. The van der Waals surface area contributed by atoms with E-state index in [2.05, 4.69) is 29.2 Å². The zero-order valence-corrected chi connectivity index (χ0v) is 22.5. The van der Waals surface area contributed by atoms with Crippen LogP contribution in [0.25, 0.3) is 0 Å². The number of aliphatic hydroxyl groups is 1. The minimum Gasteiger partial charge on any atom is -0.383 e. The molecule has 0 aliphatic heterocycles. The summed E-state index contributed by atoms with van der Waals surface area (Å²) >= 11 is 12.4. The van der Waals surface area contributed by atoms with Crippen molar-refractivity contribution in [2.45, 2.75) is 57.6 Å². The Morgan fingerprint density at radius 2 is 1.97 bits per heavy atom. The lowest BCUT2D eigenvalue weighted by Gasteiger charge is -2.27. The van der Waals surface area contributed by atoms with Crippen LogP contribution < -0.4 is 11.1 Å². The van der Waals surface area contributed by atoms with E-state index < -0.39 is 11.4 Å². The van der Waals surface area contributed by atoms with Crippen LogP contribution in [0, 0.1) is 23.6 Å². The lowest BCUT2D eigenvalue weighted by atomic mass is 9.90. The molecule has 0 radical (unpaired) electrons. The van der Waals surface area contributed by atoms with Gasteiger partial charge in [-0.1, -0.05) is 37.0 Å². The summed E-state index contributed by atoms with van der Waals surface area (Å²) < 4.78 is 17.0. The first-order valence-electron chi connectivity index (χ1n) is 12.5. The first kappa shape index (κ1) is 26.0. The van der Waals surface area contributed by atoms with Crippen molar-refractivity contribution >= 4 is 40.6 Å². The number of halogens is 3. The van der Waals surface area contributed by atoms with Gasteiger partial charge in [0, 0.05) is 25.2 Å². The van der Waals surface area contributed by atoms with Gasteiger partial charge in [-0.2, -0.15) is 5.10 Å². The van der Waals surface area contributed by atoms with Crippen LogP contribution in [0.1, 0.15) is 67.3 Å². The van der Waals surface area contributed by atoms with Gasteiger partial charge < -0.3 is 20.7 Å². The fraction of sp³-hybridized carbons (Fsp3) is 0.500. The summed E-state index contributed by atoms with van der Waals surface area (Å²) in [5.41, 5.74) is 7.15. The van der Waals surface area contributed by atoms with Gasteiger partial charge in [0.05, 0.1) is 22.7 Å². The third kappa shape index (κ3) is 4.73. The number of benzene rings is 1. The van der Waals surface area contributed by atoms with Gasteiger partial charge in [-0.3, -0.25) is 9.48 Å². The number of fused-ring (bicyclic) bond motifs is 1. The summed E-state index contributed by atoms with van der Waals surface area (Å²) in [5, 5.41) is 19.2. The standard InChI is InChI=1S/C26H31Cl2FN6O2/c1-13(2)11-35-23(20(28)24(30)33-35)26(37)9-15-6-14(7-16(15)10-26)21-22(34(3)12-31-21)25(36)32-17-4-5-19(29)18(27)8-17/h4-5,8,12-16,37H,6-7,9-11H2,1-3H3,(H2,30,33)(H,32,36). The average molecular weight is 549 g/mol. The van der Waals surface area contributed by atoms with Crippen LogP contribution >= 0.6 is 23.2 Å². The molecule has 5 rings (SSSR count). The van der Waals surface area contributed by atoms with Crippen LogP contribution in [-0.2, 0) is 19.2 Å². The molecule has 2 aromatic heterocycles. The van der Waals surface area contributed by atoms with E-state index >= 15 is 0 Å². The number of nitrogens with zero attached hydrogens (tertiary/aromatic N) is 4. The molecule has 37 heavy (non-hydrogen) atoms. The second-order valence-electron chi connectivity index (χ2n) is 10.9. The third-order valence-corrected chi connectivity index (χ3v) is 8.35. The van der Waals surface area contributed by atoms with E-state index in [4.69, 9.17) is 28.9 Å². The smallest absolute Gasteiger partial charge is 0.274 e. The molecule has 198 valence electrons. The highest BCUT2D eigenvalue weighted by Gasteiger charge is 2.52. The molecular weight excluding hydrogens is 518 g/mol. The maximum absolute atomic E-state index is 13.5. The zero-order valence-electron chi connectivity index (χ0n) is 21.0. The quantitative estimate of drug-likeness (QED) is 0.384. The van der Waals surface area contributed by atoms with Crippen LogP contribution in [0.5, 0.6) is 0 Å². The molecule has 2 heterocycles. The first-order valence-corrected chi connectivity index (χ1v) is 13.2. The molecule has 2 saturated carbocycles. The largest absolute Gasteiger partial charge is 0.383 e. The van der Waals surface area contributed by atoms with Crippen LogP contribution in [-0.4, -0.2) is 30.3 Å². The highest BCUT2D eigenvalue weighted by atomic mass is 35.5. The first-order chi connectivity index (χ1) is 17.5. The van der Waals surface area contributed by atoms with E-state index in [-0.39, 0.29) is 34.5 Å². The van der Waals surface area contributed by atoms with Gasteiger partial charge >= 0.3 is 0 Å². The second kappa shape index (κ2) is 9.60. The molecule has 3 aromatic rings. The van der Waals surface area contributed by atoms with Crippen molar-refractivity contribution in [1.82, 2.24) is 19.3 Å². The number of aromatic nitrogens is 4. The van der Waals surface area contributed by atoms with Crippen LogP contribution in [0.4, 0.5) is 15.9 Å². The number of aryl methyl sites for hydroxylation is 1. The molecule has 0 spiro atoms. The number of hydrogen-bond acceptors (Lipinski definition) is 5. The molecule has 11 heteroatoms. The minimum absolute atomic E-state index is 0.0595. The fourth-order valence-electron chi connectivity index (χ4n) is 6.25. The maximum atomic E-state index is 13.5. The van der Waals surface area contributed by atoms with Crippen molar-refractivity contribution in [2.75, 3.05) is 11.1 Å². The normalized spacial score (nSPS) is 25.1. The average Bonchev–Trinajstić information content (AvgIpc) is 3.52. The monoisotopic (exact) mass is 548 g/mol. The number of carbonyl (C=O) groups excluding carboxylic acids is 1. The Hall–Kier alpha value is -2.62. The topological polar surface area (TPSA) is 111 Å². The predicted molar refractivity (Wildman–Crippen MR) is 141 cm³/mol. The maximum Gasteiger partial charge on any atom is 0.274 e. The predicted octanol–water partition coefficient (Wildman–Crippen LogP) is 5.34. The number of hydrogen-bond donors (Lipinski definition) is 3. The van der Waals surface area contributed by atoms with Gasteiger partial charge in [0.2, 0.25) is 0 Å². The number of nitrogens with one attached hydrogen (secondary N) is 1. The molecule has 2 aliphatic carbocycles. The summed E-state index contributed by atoms with van der Waals surface area (Å²) in [7, 11) is 1.78. The Balaban J connectivity index is 1.34. The highest BCUT2D eigenvalue weighted by Crippen LogP contribution is 2.58. The Bertz CT molecular complexity index is 1340. The van der Waals surface area contributed by atoms with E-state index in [1.54, 1.807) is 22.6 Å². The Morgan fingerprint density at radius 3 is 2.59 bits per heavy atom. The second-order valence-corrected chi connectivity index (χ2v) is 11.7. The van der Waals surface area contributed by atoms with E-state index in [0.717, 1.165) is 18.5 Å². The van der Waals surface area contributed by atoms with Gasteiger partial charge in [0.15, 0.2) is 5.82 Å². The number of carbonyl (C=O) groups is 1. The molecule has 4 N–H and O–H groups in total. The van der Waals surface area contributed by atoms with Crippen molar-refractivity contribution in [3.63, 3.8) is 0 Å². The van der Waals surface area contributed by atoms with Gasteiger partial charge in [0.25, 0.3) is 5.91 Å². The zero-order chi connectivity index (χ0) is 26.6. The number of anilines is 2. The van der Waals surface area contributed by atoms with Gasteiger partial charge in [-0.15, -0.1) is 0 Å². The minimum atomic E-state index is -1.09. The van der Waals surface area contributed by atoms with E-state index in [0.29, 0.717) is 47.4 Å². The van der Waals surface area contributed by atoms with Gasteiger partial charge in [-0.05, 0) is 61.6 Å². The number of imidazole rings is 1. The molecule has 2 fully saturated rings. The van der Waals surface area contributed by atoms with Crippen molar-refractivity contribution in [3.05, 3.63) is 57.5 Å². The van der Waals surface area contributed by atoms with Crippen LogP contribution in [0.15, 0.2) is 24.5 Å². The van der Waals surface area contributed by atoms with Crippen molar-refractivity contribution < 1.29 is 14.3 Å². The van der Waals surface area contributed by atoms with Crippen LogP contribution in [0.3, 0.4) is 0 Å². The van der Waals surface area contributed by atoms with Gasteiger partial charge in [-0.25, -0.2) is 9.37 Å². The summed E-state index contributed by atoms with van der Waals surface area (Å²) in [4.78, 5) is 17.8. The Kier molecular flexibility index (Phi) is 6.75. The molecule has 2 atom stereocenters. The SMILES string of the molecule is CC(C)Cn1nc(N)c(Cl)c1C1(O)CC2CC(c3ncn(C)c3C(=O)Nc3ccc(F)c(Cl)c3)CC2C1. The number of rotatable bonds is 6. The number of amides is 1. The summed E-state index contributed by atoms with van der Waals surface area (Å²) in [5.74, 6) is 0.280. The van der Waals surface area contributed by atoms with E-state index in [9.17, 15) is 14.3 Å². The summed E-state index contributed by atoms with van der Waals surface area (Å²) in [6.07, 6.45) is 4.36. The molecule has 2 unspecified atom stereocenters. The lowest BCUT2D eigenvalue weighted by Crippen LogP contribution is -2.28. The third-order valence-electron chi connectivity index (χ3n) is 7.68. The molecule has 8 nitrogen and oxygen atoms in total.